The normalized spacial score (nSPS) is 17.7. The Balaban J connectivity index is 1.91. The molecule has 0 spiro atoms. The Bertz CT molecular complexity index is 565. The van der Waals surface area contributed by atoms with Crippen LogP contribution in [0.5, 0.6) is 0 Å². The number of hydrogen-bond acceptors (Lipinski definition) is 2. The molecule has 1 aromatic carbocycles. The van der Waals surface area contributed by atoms with Crippen LogP contribution in [0.15, 0.2) is 18.2 Å². The van der Waals surface area contributed by atoms with E-state index in [1.165, 1.54) is 19.1 Å². The van der Waals surface area contributed by atoms with Crippen LogP contribution in [0.2, 0.25) is 0 Å². The lowest BCUT2D eigenvalue weighted by Crippen LogP contribution is -2.32. The van der Waals surface area contributed by atoms with Gasteiger partial charge in [0.2, 0.25) is 11.8 Å². The highest BCUT2D eigenvalue weighted by molar-refractivity contribution is 6.02. The third kappa shape index (κ3) is 2.66. The van der Waals surface area contributed by atoms with E-state index in [9.17, 15) is 14.0 Å². The molecule has 3 rings (SSSR count). The second-order valence-corrected chi connectivity index (χ2v) is 5.55. The zero-order chi connectivity index (χ0) is 14.3. The molecular formula is C15H17FN2O2. The zero-order valence-corrected chi connectivity index (χ0v) is 11.4. The first-order valence-corrected chi connectivity index (χ1v) is 6.96. The molecule has 4 nitrogen and oxygen atoms in total. The fourth-order valence-corrected chi connectivity index (χ4v) is 2.35. The molecule has 2 saturated carbocycles. The number of anilines is 2. The molecule has 0 bridgehead atoms. The van der Waals surface area contributed by atoms with Gasteiger partial charge in [-0.15, -0.1) is 0 Å². The third-order valence-electron chi connectivity index (χ3n) is 3.68. The number of carbonyl (C=O) groups is 2. The molecule has 0 aromatic heterocycles. The SMILES string of the molecule is CC(=O)N(c1ccc(F)cc1NC(=O)C1CC1)C1CC1. The quantitative estimate of drug-likeness (QED) is 0.919. The van der Waals surface area contributed by atoms with E-state index in [-0.39, 0.29) is 23.8 Å². The van der Waals surface area contributed by atoms with Gasteiger partial charge in [-0.1, -0.05) is 0 Å². The van der Waals surface area contributed by atoms with Crippen LogP contribution in [0, 0.1) is 11.7 Å². The summed E-state index contributed by atoms with van der Waals surface area (Å²) in [6, 6.07) is 4.35. The van der Waals surface area contributed by atoms with Gasteiger partial charge in [0.05, 0.1) is 11.4 Å². The summed E-state index contributed by atoms with van der Waals surface area (Å²) in [5.41, 5.74) is 0.986. The fraction of sp³-hybridized carbons (Fsp3) is 0.467. The van der Waals surface area contributed by atoms with Gasteiger partial charge in [-0.3, -0.25) is 9.59 Å². The summed E-state index contributed by atoms with van der Waals surface area (Å²) in [5.74, 6) is -0.547. The molecule has 0 aliphatic heterocycles. The molecule has 2 aliphatic carbocycles. The van der Waals surface area contributed by atoms with Crippen molar-refractivity contribution in [1.29, 1.82) is 0 Å². The van der Waals surface area contributed by atoms with E-state index >= 15 is 0 Å². The first-order valence-electron chi connectivity index (χ1n) is 6.96. The Kier molecular flexibility index (Phi) is 3.20. The van der Waals surface area contributed by atoms with Crippen LogP contribution in [0.25, 0.3) is 0 Å². The molecule has 2 fully saturated rings. The molecule has 20 heavy (non-hydrogen) atoms. The Hall–Kier alpha value is -1.91. The second kappa shape index (κ2) is 4.89. The summed E-state index contributed by atoms with van der Waals surface area (Å²) in [5, 5.41) is 2.76. The number of amides is 2. The summed E-state index contributed by atoms with van der Waals surface area (Å²) in [7, 11) is 0. The van der Waals surface area contributed by atoms with Crippen LogP contribution in [0.4, 0.5) is 15.8 Å². The van der Waals surface area contributed by atoms with E-state index in [0.717, 1.165) is 25.7 Å². The van der Waals surface area contributed by atoms with E-state index in [4.69, 9.17) is 0 Å². The monoisotopic (exact) mass is 276 g/mol. The topological polar surface area (TPSA) is 49.4 Å². The molecule has 0 heterocycles. The van der Waals surface area contributed by atoms with Gasteiger partial charge in [0, 0.05) is 18.9 Å². The molecule has 0 unspecified atom stereocenters. The van der Waals surface area contributed by atoms with Gasteiger partial charge in [0.1, 0.15) is 5.82 Å². The smallest absolute Gasteiger partial charge is 0.227 e. The van der Waals surface area contributed by atoms with Gasteiger partial charge in [0.25, 0.3) is 0 Å². The molecule has 1 aromatic rings. The molecule has 2 aliphatic rings. The minimum Gasteiger partial charge on any atom is -0.324 e. The van der Waals surface area contributed by atoms with Crippen LogP contribution in [0.1, 0.15) is 32.6 Å². The maximum Gasteiger partial charge on any atom is 0.227 e. The lowest BCUT2D eigenvalue weighted by molar-refractivity contribution is -0.118. The molecule has 0 radical (unpaired) electrons. The second-order valence-electron chi connectivity index (χ2n) is 5.55. The largest absolute Gasteiger partial charge is 0.324 e. The summed E-state index contributed by atoms with van der Waals surface area (Å²) in [4.78, 5) is 25.3. The van der Waals surface area contributed by atoms with Crippen LogP contribution < -0.4 is 10.2 Å². The average Bonchev–Trinajstić information content (AvgIpc) is 3.26. The third-order valence-corrected chi connectivity index (χ3v) is 3.68. The van der Waals surface area contributed by atoms with Crippen molar-refractivity contribution in [2.45, 2.75) is 38.6 Å². The molecule has 1 N–H and O–H groups in total. The Labute approximate surface area is 117 Å². The highest BCUT2D eigenvalue weighted by Crippen LogP contribution is 2.37. The van der Waals surface area contributed by atoms with E-state index in [2.05, 4.69) is 5.32 Å². The first kappa shape index (κ1) is 13.1. The minimum absolute atomic E-state index is 0.0396. The predicted octanol–water partition coefficient (Wildman–Crippen LogP) is 2.69. The van der Waals surface area contributed by atoms with Crippen molar-refractivity contribution in [3.05, 3.63) is 24.0 Å². The summed E-state index contributed by atoms with van der Waals surface area (Å²) < 4.78 is 13.4. The maximum atomic E-state index is 13.4. The van der Waals surface area contributed by atoms with Gasteiger partial charge in [0.15, 0.2) is 0 Å². The number of benzene rings is 1. The minimum atomic E-state index is -0.417. The summed E-state index contributed by atoms with van der Waals surface area (Å²) in [6.07, 6.45) is 3.67. The Morgan fingerprint density at radius 2 is 1.95 bits per heavy atom. The van der Waals surface area contributed by atoms with Crippen LogP contribution in [0.3, 0.4) is 0 Å². The standard InChI is InChI=1S/C15H17FN2O2/c1-9(19)18(12-5-6-12)14-7-4-11(16)8-13(14)17-15(20)10-2-3-10/h4,7-8,10,12H,2-3,5-6H2,1H3,(H,17,20). The van der Waals surface area contributed by atoms with E-state index in [1.807, 2.05) is 0 Å². The van der Waals surface area contributed by atoms with Crippen molar-refractivity contribution >= 4 is 23.2 Å². The summed E-state index contributed by atoms with van der Waals surface area (Å²) in [6.45, 7) is 1.49. The number of rotatable bonds is 4. The van der Waals surface area contributed by atoms with Gasteiger partial charge in [-0.25, -0.2) is 4.39 Å². The van der Waals surface area contributed by atoms with Gasteiger partial charge >= 0.3 is 0 Å². The number of nitrogens with one attached hydrogen (secondary N) is 1. The fourth-order valence-electron chi connectivity index (χ4n) is 2.35. The van der Waals surface area contributed by atoms with Crippen molar-refractivity contribution < 1.29 is 14.0 Å². The van der Waals surface area contributed by atoms with E-state index in [1.54, 1.807) is 11.0 Å². The van der Waals surface area contributed by atoms with Crippen molar-refractivity contribution in [2.24, 2.45) is 5.92 Å². The van der Waals surface area contributed by atoms with Crippen LogP contribution in [-0.2, 0) is 9.59 Å². The zero-order valence-electron chi connectivity index (χ0n) is 11.4. The Morgan fingerprint density at radius 1 is 1.25 bits per heavy atom. The number of hydrogen-bond donors (Lipinski definition) is 1. The number of halogens is 1. The van der Waals surface area contributed by atoms with Gasteiger partial charge in [-0.2, -0.15) is 0 Å². The van der Waals surface area contributed by atoms with Gasteiger partial charge in [-0.05, 0) is 43.9 Å². The Morgan fingerprint density at radius 3 is 2.50 bits per heavy atom. The maximum absolute atomic E-state index is 13.4. The van der Waals surface area contributed by atoms with Crippen LogP contribution >= 0.6 is 0 Å². The molecule has 0 saturated heterocycles. The highest BCUT2D eigenvalue weighted by Gasteiger charge is 2.35. The van der Waals surface area contributed by atoms with Crippen molar-refractivity contribution in [2.75, 3.05) is 10.2 Å². The van der Waals surface area contributed by atoms with Crippen molar-refractivity contribution in [3.8, 4) is 0 Å². The lowest BCUT2D eigenvalue weighted by atomic mass is 10.2. The lowest BCUT2D eigenvalue weighted by Gasteiger charge is -2.24. The first-order chi connectivity index (χ1) is 9.56. The predicted molar refractivity (Wildman–Crippen MR) is 73.9 cm³/mol. The summed E-state index contributed by atoms with van der Waals surface area (Å²) >= 11 is 0. The van der Waals surface area contributed by atoms with E-state index in [0.29, 0.717) is 11.4 Å². The molecular weight excluding hydrogens is 259 g/mol. The highest BCUT2D eigenvalue weighted by atomic mass is 19.1. The van der Waals surface area contributed by atoms with Crippen molar-refractivity contribution in [3.63, 3.8) is 0 Å². The number of nitrogens with zero attached hydrogens (tertiary/aromatic N) is 1. The number of carbonyl (C=O) groups excluding carboxylic acids is 2. The van der Waals surface area contributed by atoms with Crippen LogP contribution in [-0.4, -0.2) is 17.9 Å². The molecule has 2 amide bonds. The van der Waals surface area contributed by atoms with Crippen molar-refractivity contribution in [1.82, 2.24) is 0 Å². The van der Waals surface area contributed by atoms with E-state index < -0.39 is 5.82 Å². The average molecular weight is 276 g/mol. The molecule has 106 valence electrons. The molecule has 0 atom stereocenters. The van der Waals surface area contributed by atoms with Gasteiger partial charge < -0.3 is 10.2 Å². The molecule has 5 heteroatoms.